The van der Waals surface area contributed by atoms with Crippen LogP contribution in [-0.4, -0.2) is 48.6 Å². The van der Waals surface area contributed by atoms with Crippen molar-refractivity contribution in [2.75, 3.05) is 0 Å². The van der Waals surface area contributed by atoms with Gasteiger partial charge in [-0.1, -0.05) is 0 Å². The Bertz CT molecular complexity index is 788. The van der Waals surface area contributed by atoms with E-state index in [1.165, 1.54) is 10.5 Å². The van der Waals surface area contributed by atoms with E-state index in [1.807, 2.05) is 0 Å². The van der Waals surface area contributed by atoms with Crippen molar-refractivity contribution < 1.29 is 36.6 Å². The summed E-state index contributed by atoms with van der Waals surface area (Å²) in [5.41, 5.74) is 0. The van der Waals surface area contributed by atoms with Gasteiger partial charge in [0.25, 0.3) is 0 Å². The molecule has 30 heavy (non-hydrogen) atoms. The summed E-state index contributed by atoms with van der Waals surface area (Å²) >= 11 is -1.83. The molecule has 3 rings (SSSR count). The Hall–Kier alpha value is -2.02. The Kier molecular flexibility index (Phi) is 7.97. The first-order chi connectivity index (χ1) is 13.9. The average Bonchev–Trinajstić information content (AvgIpc) is 2.70. The molecular formula is C21H17F6O2Sb. The molecule has 0 atom stereocenters. The molecule has 0 saturated heterocycles. The molecule has 0 fully saturated rings. The summed E-state index contributed by atoms with van der Waals surface area (Å²) in [4.78, 5) is 0. The first-order valence-electron chi connectivity index (χ1n) is 8.48. The van der Waals surface area contributed by atoms with Gasteiger partial charge in [0.2, 0.25) is 0 Å². The minimum atomic E-state index is -6.13. The standard InChI is InChI=1S/3C6H5.C3H2F6O2.Sb/c3*1-2-4-6-5-3-1;4-2(5,6)1(10,11)3(7,8)9;/h3*1-5H;10-11H;. The van der Waals surface area contributed by atoms with Crippen LogP contribution in [-0.2, 0) is 0 Å². The SMILES string of the molecule is OC(O)(C(F)(F)F)C(F)(F)F.c1cc[c]([Sb]([c]2ccccc2)[c]2ccccc2)cc1. The van der Waals surface area contributed by atoms with Gasteiger partial charge in [-0.15, -0.1) is 0 Å². The fraction of sp³-hybridized carbons (Fsp3) is 0.143. The van der Waals surface area contributed by atoms with Crippen LogP contribution in [0.5, 0.6) is 0 Å². The number of hydrogen-bond donors (Lipinski definition) is 2. The van der Waals surface area contributed by atoms with Crippen molar-refractivity contribution in [3.8, 4) is 0 Å². The van der Waals surface area contributed by atoms with Crippen LogP contribution in [0.1, 0.15) is 0 Å². The van der Waals surface area contributed by atoms with E-state index < -0.39 is 38.3 Å². The molecule has 0 radical (unpaired) electrons. The number of benzene rings is 3. The number of alkyl halides is 6. The van der Waals surface area contributed by atoms with Gasteiger partial charge in [0.15, 0.2) is 0 Å². The molecule has 2 N–H and O–H groups in total. The maximum absolute atomic E-state index is 11.1. The Morgan fingerprint density at radius 3 is 0.867 bits per heavy atom. The first-order valence-corrected chi connectivity index (χ1v) is 12.3. The van der Waals surface area contributed by atoms with Gasteiger partial charge in [-0.25, -0.2) is 0 Å². The summed E-state index contributed by atoms with van der Waals surface area (Å²) in [5.74, 6) is -5.62. The molecule has 3 aromatic carbocycles. The Morgan fingerprint density at radius 1 is 0.467 bits per heavy atom. The molecule has 0 spiro atoms. The first kappa shape index (κ1) is 24.2. The molecule has 0 aromatic heterocycles. The fourth-order valence-corrected chi connectivity index (χ4v) is 8.92. The van der Waals surface area contributed by atoms with Crippen molar-refractivity contribution in [1.82, 2.24) is 0 Å². The van der Waals surface area contributed by atoms with Gasteiger partial charge in [0, 0.05) is 0 Å². The molecule has 0 aliphatic carbocycles. The van der Waals surface area contributed by atoms with Gasteiger partial charge in [-0.05, 0) is 0 Å². The Labute approximate surface area is 176 Å². The quantitative estimate of drug-likeness (QED) is 0.307. The normalized spacial score (nSPS) is 12.3. The van der Waals surface area contributed by atoms with E-state index in [-0.39, 0.29) is 0 Å². The zero-order valence-corrected chi connectivity index (χ0v) is 17.8. The van der Waals surface area contributed by atoms with Crippen molar-refractivity contribution >= 4 is 30.7 Å². The number of aliphatic hydroxyl groups is 2. The van der Waals surface area contributed by atoms with Gasteiger partial charge in [0.05, 0.1) is 0 Å². The molecule has 9 heteroatoms. The third kappa shape index (κ3) is 6.00. The predicted molar refractivity (Wildman–Crippen MR) is 103 cm³/mol. The second-order valence-electron chi connectivity index (χ2n) is 6.01. The van der Waals surface area contributed by atoms with E-state index in [4.69, 9.17) is 10.2 Å². The summed E-state index contributed by atoms with van der Waals surface area (Å²) in [6.07, 6.45) is -12.3. The number of rotatable bonds is 3. The third-order valence-electron chi connectivity index (χ3n) is 3.83. The van der Waals surface area contributed by atoms with Crippen LogP contribution in [0, 0.1) is 0 Å². The average molecular weight is 537 g/mol. The topological polar surface area (TPSA) is 40.5 Å². The zero-order valence-electron chi connectivity index (χ0n) is 15.3. The van der Waals surface area contributed by atoms with Gasteiger partial charge in [-0.3, -0.25) is 0 Å². The van der Waals surface area contributed by atoms with E-state index in [2.05, 4.69) is 91.0 Å². The molecule has 0 saturated carbocycles. The molecule has 0 bridgehead atoms. The molecule has 0 amide bonds. The van der Waals surface area contributed by atoms with Crippen LogP contribution in [0.3, 0.4) is 0 Å². The van der Waals surface area contributed by atoms with E-state index in [0.29, 0.717) is 0 Å². The van der Waals surface area contributed by atoms with Crippen molar-refractivity contribution in [3.63, 3.8) is 0 Å². The van der Waals surface area contributed by atoms with Gasteiger partial charge in [-0.2, -0.15) is 26.3 Å². The minimum absolute atomic E-state index is 1.52. The van der Waals surface area contributed by atoms with Crippen LogP contribution < -0.4 is 10.5 Å². The maximum atomic E-state index is 11.1. The van der Waals surface area contributed by atoms with Crippen molar-refractivity contribution in [2.24, 2.45) is 0 Å². The van der Waals surface area contributed by atoms with Gasteiger partial charge < -0.3 is 10.2 Å². The summed E-state index contributed by atoms with van der Waals surface area (Å²) < 4.78 is 71.2. The van der Waals surface area contributed by atoms with Crippen LogP contribution in [0.25, 0.3) is 0 Å². The Morgan fingerprint density at radius 2 is 0.700 bits per heavy atom. The fourth-order valence-electron chi connectivity index (χ4n) is 2.34. The molecular weight excluding hydrogens is 520 g/mol. The van der Waals surface area contributed by atoms with Crippen molar-refractivity contribution in [1.29, 1.82) is 0 Å². The van der Waals surface area contributed by atoms with E-state index in [1.54, 1.807) is 0 Å². The molecule has 160 valence electrons. The number of hydrogen-bond acceptors (Lipinski definition) is 2. The summed E-state index contributed by atoms with van der Waals surface area (Å²) in [7, 11) is 0. The summed E-state index contributed by atoms with van der Waals surface area (Å²) in [5, 5.41) is 15.0. The van der Waals surface area contributed by atoms with Crippen LogP contribution in [0.15, 0.2) is 91.0 Å². The van der Waals surface area contributed by atoms with Crippen LogP contribution >= 0.6 is 0 Å². The van der Waals surface area contributed by atoms with Crippen LogP contribution in [0.2, 0.25) is 0 Å². The molecule has 0 aliphatic heterocycles. The molecule has 0 unspecified atom stereocenters. The van der Waals surface area contributed by atoms with Gasteiger partial charge >= 0.3 is 140 Å². The van der Waals surface area contributed by atoms with Crippen molar-refractivity contribution in [3.05, 3.63) is 91.0 Å². The summed E-state index contributed by atoms with van der Waals surface area (Å²) in [6.45, 7) is 0. The molecule has 0 aliphatic rings. The van der Waals surface area contributed by atoms with Crippen molar-refractivity contribution in [2.45, 2.75) is 18.1 Å². The zero-order chi connectivity index (χ0) is 22.4. The van der Waals surface area contributed by atoms with E-state index in [0.717, 1.165) is 0 Å². The van der Waals surface area contributed by atoms with Crippen LogP contribution in [0.4, 0.5) is 26.3 Å². The second kappa shape index (κ2) is 9.86. The van der Waals surface area contributed by atoms with E-state index >= 15 is 0 Å². The number of halogens is 6. The predicted octanol–water partition coefficient (Wildman–Crippen LogP) is 2.99. The summed E-state index contributed by atoms with van der Waals surface area (Å²) in [6, 6.07) is 32.9. The molecule has 2 nitrogen and oxygen atoms in total. The van der Waals surface area contributed by atoms with E-state index in [9.17, 15) is 26.3 Å². The second-order valence-corrected chi connectivity index (χ2v) is 12.3. The molecule has 0 heterocycles. The van der Waals surface area contributed by atoms with Gasteiger partial charge in [0.1, 0.15) is 0 Å². The molecule has 3 aromatic rings. The third-order valence-corrected chi connectivity index (χ3v) is 10.8. The monoisotopic (exact) mass is 536 g/mol. The Balaban J connectivity index is 0.000000252.